The van der Waals surface area contributed by atoms with E-state index in [0.29, 0.717) is 10.8 Å². The zero-order valence-electron chi connectivity index (χ0n) is 19.7. The van der Waals surface area contributed by atoms with Crippen LogP contribution in [-0.4, -0.2) is 0 Å². The molecule has 28 heavy (non-hydrogen) atoms. The lowest BCUT2D eigenvalue weighted by Crippen LogP contribution is -2.53. The summed E-state index contributed by atoms with van der Waals surface area (Å²) in [5.41, 5.74) is 2.84. The highest BCUT2D eigenvalue weighted by Gasteiger charge is 2.60. The maximum absolute atomic E-state index is 4.54. The third kappa shape index (κ3) is 3.33. The number of allylic oxidation sites excluding steroid dienone is 1. The summed E-state index contributed by atoms with van der Waals surface area (Å²) in [6.45, 7) is 17.3. The standard InChI is InChI=1S/C28H48/c1-19(2)9-7-10-20(3)24-14-15-25-22-12-13-23-21(4)11-8-17-27(23,5)26(22)16-18-28(24,25)6/h19-20,22-26H,4,7-18H2,1-3,5-6H3. The van der Waals surface area contributed by atoms with Crippen LogP contribution in [0.5, 0.6) is 0 Å². The minimum atomic E-state index is 0.584. The van der Waals surface area contributed by atoms with Gasteiger partial charge in [0.2, 0.25) is 0 Å². The first kappa shape index (κ1) is 21.0. The fraction of sp³-hybridized carbons (Fsp3) is 0.929. The van der Waals surface area contributed by atoms with Crippen molar-refractivity contribution in [1.82, 2.24) is 0 Å². The Morgan fingerprint density at radius 1 is 0.893 bits per heavy atom. The van der Waals surface area contributed by atoms with Crippen molar-refractivity contribution in [3.05, 3.63) is 12.2 Å². The van der Waals surface area contributed by atoms with Crippen molar-refractivity contribution in [1.29, 1.82) is 0 Å². The summed E-state index contributed by atoms with van der Waals surface area (Å²) >= 11 is 0. The second kappa shape index (κ2) is 7.77. The molecule has 0 saturated heterocycles. The predicted octanol–water partition coefficient (Wildman–Crippen LogP) is 8.66. The third-order valence-electron chi connectivity index (χ3n) is 10.8. The van der Waals surface area contributed by atoms with Crippen molar-refractivity contribution in [2.75, 3.05) is 0 Å². The number of fused-ring (bicyclic) bond motifs is 5. The van der Waals surface area contributed by atoms with Crippen molar-refractivity contribution < 1.29 is 0 Å². The second-order valence-electron chi connectivity index (χ2n) is 12.6. The van der Waals surface area contributed by atoms with E-state index in [9.17, 15) is 0 Å². The van der Waals surface area contributed by atoms with Gasteiger partial charge in [0.15, 0.2) is 0 Å². The lowest BCUT2D eigenvalue weighted by atomic mass is 9.44. The molecule has 0 aromatic carbocycles. The first-order valence-electron chi connectivity index (χ1n) is 12.9. The van der Waals surface area contributed by atoms with Gasteiger partial charge in [-0.05, 0) is 110 Å². The Hall–Kier alpha value is -0.260. The zero-order valence-corrected chi connectivity index (χ0v) is 19.7. The molecule has 4 saturated carbocycles. The van der Waals surface area contributed by atoms with Crippen LogP contribution in [0, 0.1) is 52.3 Å². The van der Waals surface area contributed by atoms with Crippen LogP contribution in [-0.2, 0) is 0 Å². The van der Waals surface area contributed by atoms with Crippen molar-refractivity contribution in [3.8, 4) is 0 Å². The number of hydrogen-bond donors (Lipinski definition) is 0. The van der Waals surface area contributed by atoms with Gasteiger partial charge in [0, 0.05) is 0 Å². The van der Waals surface area contributed by atoms with Crippen LogP contribution < -0.4 is 0 Å². The average molecular weight is 385 g/mol. The highest BCUT2D eigenvalue weighted by atomic mass is 14.6. The van der Waals surface area contributed by atoms with Gasteiger partial charge < -0.3 is 0 Å². The van der Waals surface area contributed by atoms with Crippen LogP contribution in [0.25, 0.3) is 0 Å². The molecule has 4 aliphatic rings. The molecule has 0 aliphatic heterocycles. The van der Waals surface area contributed by atoms with E-state index in [0.717, 1.165) is 41.4 Å². The largest absolute Gasteiger partial charge is 0.0996 e. The van der Waals surface area contributed by atoms with E-state index >= 15 is 0 Å². The maximum atomic E-state index is 4.54. The molecule has 0 N–H and O–H groups in total. The summed E-state index contributed by atoms with van der Waals surface area (Å²) in [5, 5.41) is 0. The first-order valence-corrected chi connectivity index (χ1v) is 12.9. The van der Waals surface area contributed by atoms with E-state index < -0.39 is 0 Å². The lowest BCUT2D eigenvalue weighted by Gasteiger charge is -2.61. The molecule has 8 atom stereocenters. The van der Waals surface area contributed by atoms with E-state index in [4.69, 9.17) is 0 Å². The van der Waals surface area contributed by atoms with Crippen LogP contribution >= 0.6 is 0 Å². The van der Waals surface area contributed by atoms with Gasteiger partial charge in [0.05, 0.1) is 0 Å². The molecule has 0 bridgehead atoms. The van der Waals surface area contributed by atoms with Gasteiger partial charge in [-0.3, -0.25) is 0 Å². The Morgan fingerprint density at radius 3 is 2.39 bits per heavy atom. The van der Waals surface area contributed by atoms with Crippen molar-refractivity contribution in [2.24, 2.45) is 52.3 Å². The summed E-state index contributed by atoms with van der Waals surface area (Å²) in [6.07, 6.45) is 17.6. The average Bonchev–Trinajstić information content (AvgIpc) is 2.98. The summed E-state index contributed by atoms with van der Waals surface area (Å²) in [6, 6.07) is 0. The highest BCUT2D eigenvalue weighted by molar-refractivity contribution is 5.17. The Morgan fingerprint density at radius 2 is 1.64 bits per heavy atom. The second-order valence-corrected chi connectivity index (χ2v) is 12.6. The Balaban J connectivity index is 1.48. The minimum absolute atomic E-state index is 0.584. The van der Waals surface area contributed by atoms with Gasteiger partial charge >= 0.3 is 0 Å². The smallest absolute Gasteiger partial charge is 0.0149 e. The van der Waals surface area contributed by atoms with Crippen molar-refractivity contribution in [2.45, 2.75) is 112 Å². The molecule has 4 fully saturated rings. The van der Waals surface area contributed by atoms with Gasteiger partial charge in [-0.2, -0.15) is 0 Å². The fourth-order valence-electron chi connectivity index (χ4n) is 9.38. The van der Waals surface area contributed by atoms with Crippen LogP contribution in [0.3, 0.4) is 0 Å². The van der Waals surface area contributed by atoms with E-state index in [1.54, 1.807) is 12.0 Å². The SMILES string of the molecule is C=C1CCCC2(C)C1CCC1C2CCC2(C)C(C(C)CCCC(C)C)CCC12. The monoisotopic (exact) mass is 384 g/mol. The van der Waals surface area contributed by atoms with Gasteiger partial charge in [0.1, 0.15) is 0 Å². The zero-order chi connectivity index (χ0) is 20.1. The van der Waals surface area contributed by atoms with Crippen LogP contribution in [0.15, 0.2) is 12.2 Å². The van der Waals surface area contributed by atoms with E-state index in [2.05, 4.69) is 41.2 Å². The highest BCUT2D eigenvalue weighted by Crippen LogP contribution is 2.68. The molecule has 0 spiro atoms. The quantitative estimate of drug-likeness (QED) is 0.416. The molecule has 0 heteroatoms. The maximum Gasteiger partial charge on any atom is -0.0149 e. The molecule has 0 nitrogen and oxygen atoms in total. The Labute approximate surface area is 176 Å². The number of rotatable bonds is 5. The summed E-state index contributed by atoms with van der Waals surface area (Å²) in [5.74, 6) is 6.70. The Kier molecular flexibility index (Phi) is 5.83. The van der Waals surface area contributed by atoms with E-state index in [-0.39, 0.29) is 0 Å². The Bertz CT molecular complexity index is 573. The predicted molar refractivity (Wildman–Crippen MR) is 122 cm³/mol. The summed E-state index contributed by atoms with van der Waals surface area (Å²) in [7, 11) is 0. The molecule has 4 rings (SSSR count). The number of hydrogen-bond acceptors (Lipinski definition) is 0. The van der Waals surface area contributed by atoms with E-state index in [1.165, 1.54) is 70.6 Å². The molecule has 0 heterocycles. The molecular weight excluding hydrogens is 336 g/mol. The van der Waals surface area contributed by atoms with E-state index in [1.807, 2.05) is 0 Å². The summed E-state index contributed by atoms with van der Waals surface area (Å²) in [4.78, 5) is 0. The molecule has 0 amide bonds. The normalized spacial score (nSPS) is 46.8. The molecule has 160 valence electrons. The van der Waals surface area contributed by atoms with Crippen LogP contribution in [0.2, 0.25) is 0 Å². The molecular formula is C28H48. The molecule has 8 unspecified atom stereocenters. The molecule has 0 aromatic heterocycles. The van der Waals surface area contributed by atoms with Gasteiger partial charge in [-0.25, -0.2) is 0 Å². The molecule has 0 aromatic rings. The minimum Gasteiger partial charge on any atom is -0.0996 e. The van der Waals surface area contributed by atoms with Crippen molar-refractivity contribution >= 4 is 0 Å². The summed E-state index contributed by atoms with van der Waals surface area (Å²) < 4.78 is 0. The lowest BCUT2D eigenvalue weighted by molar-refractivity contribution is -0.102. The van der Waals surface area contributed by atoms with Gasteiger partial charge in [0.25, 0.3) is 0 Å². The van der Waals surface area contributed by atoms with Gasteiger partial charge in [-0.1, -0.05) is 66.0 Å². The third-order valence-corrected chi connectivity index (χ3v) is 10.8. The molecule has 0 radical (unpaired) electrons. The first-order chi connectivity index (χ1) is 13.3. The van der Waals surface area contributed by atoms with Crippen molar-refractivity contribution in [3.63, 3.8) is 0 Å². The van der Waals surface area contributed by atoms with Crippen LogP contribution in [0.4, 0.5) is 0 Å². The van der Waals surface area contributed by atoms with Gasteiger partial charge in [-0.15, -0.1) is 0 Å². The molecule has 4 aliphatic carbocycles. The topological polar surface area (TPSA) is 0 Å². The van der Waals surface area contributed by atoms with Crippen LogP contribution in [0.1, 0.15) is 112 Å². The fourth-order valence-corrected chi connectivity index (χ4v) is 9.38.